The molecule has 4 heteroatoms. The van der Waals surface area contributed by atoms with Crippen LogP contribution < -0.4 is 5.73 Å². The third-order valence-corrected chi connectivity index (χ3v) is 4.21. The molecule has 0 aromatic rings. The molecule has 0 aliphatic carbocycles. The Balaban J connectivity index is 4.38. The molecular formula is C15H33N3O. The van der Waals surface area contributed by atoms with Crippen molar-refractivity contribution >= 4 is 5.91 Å². The molecule has 0 rings (SSSR count). The van der Waals surface area contributed by atoms with E-state index in [0.29, 0.717) is 6.54 Å². The molecule has 1 atom stereocenters. The second kappa shape index (κ2) is 9.32. The van der Waals surface area contributed by atoms with E-state index in [1.54, 1.807) is 0 Å². The predicted molar refractivity (Wildman–Crippen MR) is 82.1 cm³/mol. The highest BCUT2D eigenvalue weighted by atomic mass is 16.2. The van der Waals surface area contributed by atoms with E-state index < -0.39 is 5.41 Å². The molecule has 114 valence electrons. The van der Waals surface area contributed by atoms with Crippen LogP contribution in [0.2, 0.25) is 0 Å². The van der Waals surface area contributed by atoms with E-state index in [9.17, 15) is 4.79 Å². The highest BCUT2D eigenvalue weighted by Gasteiger charge is 2.32. The van der Waals surface area contributed by atoms with Gasteiger partial charge in [-0.05, 0) is 46.3 Å². The molecule has 0 aliphatic heterocycles. The van der Waals surface area contributed by atoms with E-state index in [1.807, 2.05) is 25.7 Å². The molecule has 0 spiro atoms. The first-order valence-electron chi connectivity index (χ1n) is 7.70. The average Bonchev–Trinajstić information content (AvgIpc) is 2.46. The van der Waals surface area contributed by atoms with Gasteiger partial charge in [-0.15, -0.1) is 0 Å². The quantitative estimate of drug-likeness (QED) is 0.660. The van der Waals surface area contributed by atoms with Crippen LogP contribution in [0.15, 0.2) is 0 Å². The smallest absolute Gasteiger partial charge is 0.229 e. The van der Waals surface area contributed by atoms with Crippen LogP contribution in [-0.2, 0) is 4.79 Å². The molecule has 0 radical (unpaired) electrons. The number of carbonyl (C=O) groups excluding carboxylic acids is 1. The van der Waals surface area contributed by atoms with E-state index in [0.717, 1.165) is 45.6 Å². The Labute approximate surface area is 119 Å². The van der Waals surface area contributed by atoms with Gasteiger partial charge in [0.1, 0.15) is 0 Å². The predicted octanol–water partition coefficient (Wildman–Crippen LogP) is 1.94. The Morgan fingerprint density at radius 3 is 2.00 bits per heavy atom. The van der Waals surface area contributed by atoms with Crippen molar-refractivity contribution in [3.05, 3.63) is 0 Å². The van der Waals surface area contributed by atoms with Gasteiger partial charge < -0.3 is 15.5 Å². The van der Waals surface area contributed by atoms with Gasteiger partial charge in [-0.25, -0.2) is 0 Å². The van der Waals surface area contributed by atoms with Crippen molar-refractivity contribution in [1.82, 2.24) is 9.80 Å². The van der Waals surface area contributed by atoms with E-state index in [-0.39, 0.29) is 5.91 Å². The zero-order valence-electron chi connectivity index (χ0n) is 13.5. The van der Waals surface area contributed by atoms with Crippen LogP contribution in [0, 0.1) is 5.41 Å². The van der Waals surface area contributed by atoms with Crippen LogP contribution in [0.3, 0.4) is 0 Å². The molecule has 0 bridgehead atoms. The number of amides is 1. The van der Waals surface area contributed by atoms with Crippen LogP contribution >= 0.6 is 0 Å². The standard InChI is InChI=1S/C15H33N3O/c1-6-15(5,13-16)14(19)18(9-4)12-10-11-17(7-2)8-3/h6-13,16H2,1-5H3. The summed E-state index contributed by atoms with van der Waals surface area (Å²) in [6, 6.07) is 0. The van der Waals surface area contributed by atoms with Crippen molar-refractivity contribution in [2.75, 3.05) is 39.3 Å². The molecule has 4 nitrogen and oxygen atoms in total. The highest BCUT2D eigenvalue weighted by Crippen LogP contribution is 2.22. The molecule has 0 heterocycles. The summed E-state index contributed by atoms with van der Waals surface area (Å²) in [7, 11) is 0. The van der Waals surface area contributed by atoms with Crippen LogP contribution in [0.4, 0.5) is 0 Å². The third kappa shape index (κ3) is 5.49. The van der Waals surface area contributed by atoms with Crippen molar-refractivity contribution in [2.24, 2.45) is 11.1 Å². The molecular weight excluding hydrogens is 238 g/mol. The number of hydrogen-bond donors (Lipinski definition) is 1. The normalized spacial score (nSPS) is 14.5. The van der Waals surface area contributed by atoms with Crippen molar-refractivity contribution in [3.8, 4) is 0 Å². The van der Waals surface area contributed by atoms with Crippen LogP contribution in [0.1, 0.15) is 47.5 Å². The molecule has 1 unspecified atom stereocenters. The summed E-state index contributed by atoms with van der Waals surface area (Å²) in [6.45, 7) is 15.6. The minimum Gasteiger partial charge on any atom is -0.342 e. The van der Waals surface area contributed by atoms with Gasteiger partial charge in [0.15, 0.2) is 0 Å². The molecule has 0 saturated carbocycles. The maximum absolute atomic E-state index is 12.5. The SMILES string of the molecule is CCN(CC)CCCN(CC)C(=O)C(C)(CC)CN. The summed E-state index contributed by atoms with van der Waals surface area (Å²) < 4.78 is 0. The minimum atomic E-state index is -0.398. The summed E-state index contributed by atoms with van der Waals surface area (Å²) in [4.78, 5) is 16.9. The van der Waals surface area contributed by atoms with Crippen LogP contribution in [-0.4, -0.2) is 55.0 Å². The average molecular weight is 271 g/mol. The highest BCUT2D eigenvalue weighted by molar-refractivity contribution is 5.82. The lowest BCUT2D eigenvalue weighted by Gasteiger charge is -2.33. The zero-order chi connectivity index (χ0) is 14.9. The van der Waals surface area contributed by atoms with Gasteiger partial charge in [0.05, 0.1) is 5.41 Å². The minimum absolute atomic E-state index is 0.208. The van der Waals surface area contributed by atoms with E-state index in [4.69, 9.17) is 5.73 Å². The van der Waals surface area contributed by atoms with E-state index in [1.165, 1.54) is 0 Å². The molecule has 1 amide bonds. The van der Waals surface area contributed by atoms with Crippen molar-refractivity contribution in [1.29, 1.82) is 0 Å². The largest absolute Gasteiger partial charge is 0.342 e. The molecule has 0 fully saturated rings. The van der Waals surface area contributed by atoms with Gasteiger partial charge in [-0.1, -0.05) is 20.8 Å². The fourth-order valence-corrected chi connectivity index (χ4v) is 2.19. The van der Waals surface area contributed by atoms with Crippen molar-refractivity contribution in [3.63, 3.8) is 0 Å². The lowest BCUT2D eigenvalue weighted by atomic mass is 9.86. The molecule has 19 heavy (non-hydrogen) atoms. The lowest BCUT2D eigenvalue weighted by molar-refractivity contribution is -0.140. The fraction of sp³-hybridized carbons (Fsp3) is 0.933. The van der Waals surface area contributed by atoms with Gasteiger partial charge in [-0.2, -0.15) is 0 Å². The van der Waals surface area contributed by atoms with Crippen LogP contribution in [0.25, 0.3) is 0 Å². The van der Waals surface area contributed by atoms with Gasteiger partial charge in [-0.3, -0.25) is 4.79 Å². The number of rotatable bonds is 10. The van der Waals surface area contributed by atoms with Crippen molar-refractivity contribution < 1.29 is 4.79 Å². The summed E-state index contributed by atoms with van der Waals surface area (Å²) in [6.07, 6.45) is 1.83. The summed E-state index contributed by atoms with van der Waals surface area (Å²) >= 11 is 0. The van der Waals surface area contributed by atoms with Gasteiger partial charge in [0.2, 0.25) is 5.91 Å². The molecule has 0 aliphatic rings. The van der Waals surface area contributed by atoms with E-state index in [2.05, 4.69) is 18.7 Å². The number of carbonyl (C=O) groups is 1. The second-order valence-electron chi connectivity index (χ2n) is 5.38. The second-order valence-corrected chi connectivity index (χ2v) is 5.38. The Morgan fingerprint density at radius 1 is 1.05 bits per heavy atom. The number of nitrogens with zero attached hydrogens (tertiary/aromatic N) is 2. The third-order valence-electron chi connectivity index (χ3n) is 4.21. The number of hydrogen-bond acceptors (Lipinski definition) is 3. The fourth-order valence-electron chi connectivity index (χ4n) is 2.19. The summed E-state index contributed by atoms with van der Waals surface area (Å²) in [5.74, 6) is 0.208. The van der Waals surface area contributed by atoms with Gasteiger partial charge in [0, 0.05) is 19.6 Å². The first kappa shape index (κ1) is 18.4. The van der Waals surface area contributed by atoms with E-state index >= 15 is 0 Å². The van der Waals surface area contributed by atoms with Gasteiger partial charge in [0.25, 0.3) is 0 Å². The topological polar surface area (TPSA) is 49.6 Å². The molecule has 2 N–H and O–H groups in total. The maximum atomic E-state index is 12.5. The molecule has 0 aromatic heterocycles. The molecule has 0 saturated heterocycles. The first-order chi connectivity index (χ1) is 8.98. The van der Waals surface area contributed by atoms with Crippen LogP contribution in [0.5, 0.6) is 0 Å². The Bertz CT molecular complexity index is 248. The Kier molecular flexibility index (Phi) is 9.02. The first-order valence-corrected chi connectivity index (χ1v) is 7.70. The Hall–Kier alpha value is -0.610. The van der Waals surface area contributed by atoms with Gasteiger partial charge >= 0.3 is 0 Å². The summed E-state index contributed by atoms with van der Waals surface area (Å²) in [5, 5.41) is 0. The Morgan fingerprint density at radius 2 is 1.63 bits per heavy atom. The summed E-state index contributed by atoms with van der Waals surface area (Å²) in [5.41, 5.74) is 5.38. The lowest BCUT2D eigenvalue weighted by Crippen LogP contribution is -2.46. The molecule has 0 aromatic carbocycles. The maximum Gasteiger partial charge on any atom is 0.229 e. The number of nitrogens with two attached hydrogens (primary N) is 1. The monoisotopic (exact) mass is 271 g/mol. The zero-order valence-corrected chi connectivity index (χ0v) is 13.5. The van der Waals surface area contributed by atoms with Crippen molar-refractivity contribution in [2.45, 2.75) is 47.5 Å².